The van der Waals surface area contributed by atoms with Crippen LogP contribution in [0.5, 0.6) is 0 Å². The summed E-state index contributed by atoms with van der Waals surface area (Å²) in [7, 11) is 0. The molecule has 1 unspecified atom stereocenters. The topological polar surface area (TPSA) is 102 Å². The van der Waals surface area contributed by atoms with Crippen molar-refractivity contribution in [2.75, 3.05) is 0 Å². The molecule has 1 amide bonds. The fourth-order valence-electron chi connectivity index (χ4n) is 0.904. The number of Topliss-reactive ketones (excluding diaryl/α,β-unsaturated/α-hetero) is 1. The molecule has 13 heavy (non-hydrogen) atoms. The quantitative estimate of drug-likeness (QED) is 0.175. The van der Waals surface area contributed by atoms with E-state index in [0.29, 0.717) is 6.29 Å². The fourth-order valence-corrected chi connectivity index (χ4v) is 0.904. The Hall–Kier alpha value is -1.82. The summed E-state index contributed by atoms with van der Waals surface area (Å²) < 4.78 is 0. The highest BCUT2D eigenvalue weighted by Gasteiger charge is 2.28. The van der Waals surface area contributed by atoms with Gasteiger partial charge in [-0.05, 0) is 6.08 Å². The summed E-state index contributed by atoms with van der Waals surface area (Å²) >= 11 is 0. The van der Waals surface area contributed by atoms with Crippen molar-refractivity contribution >= 4 is 23.7 Å². The molecular weight excluding hydrogens is 174 g/mol. The lowest BCUT2D eigenvalue weighted by atomic mass is 9.98. The van der Waals surface area contributed by atoms with Crippen LogP contribution in [-0.4, -0.2) is 23.7 Å². The molecule has 0 spiro atoms. The Kier molecular flexibility index (Phi) is 2.65. The third kappa shape index (κ3) is 1.67. The largest absolute Gasteiger partial charge is 0.296 e. The lowest BCUT2D eigenvalue weighted by Crippen LogP contribution is -2.41. The smallest absolute Gasteiger partial charge is 0.248 e. The number of aldehydes is 1. The Labute approximate surface area is 73.5 Å². The number of nitrogens with two attached hydrogens (primary N) is 1. The van der Waals surface area contributed by atoms with Crippen molar-refractivity contribution in [1.29, 1.82) is 0 Å². The number of hydrazine groups is 1. The maximum atomic E-state index is 11.2. The number of carbonyl (C=O) groups excluding carboxylic acids is 3. The molecule has 0 bridgehead atoms. The van der Waals surface area contributed by atoms with E-state index in [9.17, 15) is 14.4 Å². The fraction of sp³-hybridized carbons (Fsp3) is 0.143. The van der Waals surface area contributed by atoms with Crippen molar-refractivity contribution in [3.8, 4) is 0 Å². The van der Waals surface area contributed by atoms with E-state index >= 15 is 0 Å². The molecule has 0 saturated carbocycles. The number of rotatable bonds is 2. The Morgan fingerprint density at radius 2 is 2.38 bits per heavy atom. The van der Waals surface area contributed by atoms with Gasteiger partial charge in [-0.2, -0.15) is 0 Å². The molecule has 0 aromatic carbocycles. The molecular formula is C7H7N3O3. The average molecular weight is 181 g/mol. The molecule has 0 aromatic heterocycles. The summed E-state index contributed by atoms with van der Waals surface area (Å²) in [5, 5.41) is 0. The number of hydrogen-bond donors (Lipinski definition) is 2. The summed E-state index contributed by atoms with van der Waals surface area (Å²) in [6, 6.07) is 0. The predicted octanol–water partition coefficient (Wildman–Crippen LogP) is -1.67. The Morgan fingerprint density at radius 1 is 1.69 bits per heavy atom. The standard InChI is InChI=1S/C7H7N3O3/c8-10-7(13)4-1-2-9-5(3-11)6(4)12/h1-4H,8H2,(H,10,13). The minimum absolute atomic E-state index is 0.267. The summed E-state index contributed by atoms with van der Waals surface area (Å²) in [5.74, 6) is 2.50. The van der Waals surface area contributed by atoms with Gasteiger partial charge in [-0.1, -0.05) is 0 Å². The number of aliphatic imine (C=N–C) groups is 1. The van der Waals surface area contributed by atoms with Crippen LogP contribution in [0.25, 0.3) is 0 Å². The molecule has 6 nitrogen and oxygen atoms in total. The van der Waals surface area contributed by atoms with Gasteiger partial charge in [0.05, 0.1) is 0 Å². The van der Waals surface area contributed by atoms with Crippen molar-refractivity contribution < 1.29 is 14.4 Å². The number of carbonyl (C=O) groups is 3. The number of amides is 1. The van der Waals surface area contributed by atoms with E-state index in [1.165, 1.54) is 12.3 Å². The molecule has 0 saturated heterocycles. The second-order valence-electron chi connectivity index (χ2n) is 2.32. The van der Waals surface area contributed by atoms with Gasteiger partial charge in [-0.25, -0.2) is 10.8 Å². The third-order valence-corrected chi connectivity index (χ3v) is 1.56. The van der Waals surface area contributed by atoms with Crippen LogP contribution >= 0.6 is 0 Å². The van der Waals surface area contributed by atoms with Gasteiger partial charge in [0.15, 0.2) is 6.29 Å². The average Bonchev–Trinajstić information content (AvgIpc) is 2.17. The molecule has 1 heterocycles. The van der Waals surface area contributed by atoms with E-state index in [1.807, 2.05) is 5.43 Å². The van der Waals surface area contributed by atoms with Crippen molar-refractivity contribution in [2.24, 2.45) is 16.8 Å². The molecule has 0 aliphatic carbocycles. The monoisotopic (exact) mass is 181 g/mol. The lowest BCUT2D eigenvalue weighted by molar-refractivity contribution is -0.129. The van der Waals surface area contributed by atoms with E-state index in [0.717, 1.165) is 0 Å². The van der Waals surface area contributed by atoms with Gasteiger partial charge < -0.3 is 0 Å². The van der Waals surface area contributed by atoms with Crippen LogP contribution < -0.4 is 11.3 Å². The number of nitrogens with one attached hydrogen (secondary N) is 1. The zero-order valence-corrected chi connectivity index (χ0v) is 6.56. The molecule has 0 radical (unpaired) electrons. The summed E-state index contributed by atoms with van der Waals surface area (Å²) in [6.45, 7) is 0. The van der Waals surface area contributed by atoms with Gasteiger partial charge in [-0.15, -0.1) is 0 Å². The minimum atomic E-state index is -1.04. The Morgan fingerprint density at radius 3 is 2.92 bits per heavy atom. The van der Waals surface area contributed by atoms with Gasteiger partial charge >= 0.3 is 0 Å². The van der Waals surface area contributed by atoms with Crippen LogP contribution in [-0.2, 0) is 14.4 Å². The van der Waals surface area contributed by atoms with Crippen LogP contribution in [0.3, 0.4) is 0 Å². The van der Waals surface area contributed by atoms with Crippen LogP contribution in [0.2, 0.25) is 0 Å². The second kappa shape index (κ2) is 3.72. The maximum absolute atomic E-state index is 11.2. The van der Waals surface area contributed by atoms with E-state index < -0.39 is 17.6 Å². The van der Waals surface area contributed by atoms with E-state index in [2.05, 4.69) is 4.99 Å². The number of hydrogen-bond acceptors (Lipinski definition) is 5. The number of nitrogens with zero attached hydrogens (tertiary/aromatic N) is 1. The van der Waals surface area contributed by atoms with Gasteiger partial charge in [0.25, 0.3) is 0 Å². The first-order valence-electron chi connectivity index (χ1n) is 3.45. The normalized spacial score (nSPS) is 20.8. The van der Waals surface area contributed by atoms with Gasteiger partial charge in [0.2, 0.25) is 11.7 Å². The van der Waals surface area contributed by atoms with Crippen LogP contribution in [0.4, 0.5) is 0 Å². The van der Waals surface area contributed by atoms with Crippen LogP contribution in [0, 0.1) is 5.92 Å². The first-order valence-corrected chi connectivity index (χ1v) is 3.45. The van der Waals surface area contributed by atoms with Crippen LogP contribution in [0.1, 0.15) is 0 Å². The molecule has 1 rings (SSSR count). The minimum Gasteiger partial charge on any atom is -0.296 e. The lowest BCUT2D eigenvalue weighted by Gasteiger charge is -2.10. The van der Waals surface area contributed by atoms with Crippen molar-refractivity contribution in [2.45, 2.75) is 0 Å². The summed E-state index contributed by atoms with van der Waals surface area (Å²) in [5.41, 5.74) is 1.56. The van der Waals surface area contributed by atoms with E-state index in [4.69, 9.17) is 5.84 Å². The summed E-state index contributed by atoms with van der Waals surface area (Å²) in [4.78, 5) is 36.0. The molecule has 1 aliphatic heterocycles. The van der Waals surface area contributed by atoms with Gasteiger partial charge in [0.1, 0.15) is 11.6 Å². The Bertz CT molecular complexity index is 319. The zero-order chi connectivity index (χ0) is 9.84. The second-order valence-corrected chi connectivity index (χ2v) is 2.32. The van der Waals surface area contributed by atoms with Gasteiger partial charge in [0, 0.05) is 6.20 Å². The van der Waals surface area contributed by atoms with Gasteiger partial charge in [-0.3, -0.25) is 19.8 Å². The molecule has 6 heteroatoms. The highest BCUT2D eigenvalue weighted by Crippen LogP contribution is 2.07. The summed E-state index contributed by atoms with van der Waals surface area (Å²) in [6.07, 6.45) is 2.81. The highest BCUT2D eigenvalue weighted by molar-refractivity contribution is 6.62. The zero-order valence-electron chi connectivity index (χ0n) is 6.56. The maximum Gasteiger partial charge on any atom is 0.248 e. The van der Waals surface area contributed by atoms with E-state index in [-0.39, 0.29) is 5.71 Å². The molecule has 68 valence electrons. The molecule has 1 atom stereocenters. The van der Waals surface area contributed by atoms with Crippen molar-refractivity contribution in [3.05, 3.63) is 12.3 Å². The first-order chi connectivity index (χ1) is 6.20. The van der Waals surface area contributed by atoms with Crippen LogP contribution in [0.15, 0.2) is 17.3 Å². The van der Waals surface area contributed by atoms with E-state index in [1.54, 1.807) is 0 Å². The molecule has 1 aliphatic rings. The Balaban J connectivity index is 2.90. The molecule has 0 fully saturated rings. The highest BCUT2D eigenvalue weighted by atomic mass is 16.2. The molecule has 0 aromatic rings. The van der Waals surface area contributed by atoms with Crippen molar-refractivity contribution in [3.63, 3.8) is 0 Å². The third-order valence-electron chi connectivity index (χ3n) is 1.56. The number of ketones is 1. The molecule has 3 N–H and O–H groups in total. The van der Waals surface area contributed by atoms with Crippen molar-refractivity contribution in [1.82, 2.24) is 5.43 Å². The predicted molar refractivity (Wildman–Crippen MR) is 43.5 cm³/mol. The SMILES string of the molecule is NNC(=O)C1C=CN=C(C=O)C1=O. The first kappa shape index (κ1) is 9.27.